The number of nitrogens with one attached hydrogen (secondary N) is 1. The summed E-state index contributed by atoms with van der Waals surface area (Å²) >= 11 is 0. The monoisotopic (exact) mass is 235 g/mol. The summed E-state index contributed by atoms with van der Waals surface area (Å²) in [5.74, 6) is -0.0955. The van der Waals surface area contributed by atoms with Crippen LogP contribution in [0.5, 0.6) is 0 Å². The second-order valence-electron chi connectivity index (χ2n) is 3.86. The highest BCUT2D eigenvalue weighted by molar-refractivity contribution is 5.85. The topological polar surface area (TPSA) is 38.3 Å². The zero-order chi connectivity index (χ0) is 10.4. The van der Waals surface area contributed by atoms with E-state index in [1.54, 1.807) is 0 Å². The Morgan fingerprint density at radius 1 is 1.40 bits per heavy atom. The van der Waals surface area contributed by atoms with Crippen molar-refractivity contribution < 1.29 is 9.53 Å². The Kier molecular flexibility index (Phi) is 7.79. The number of esters is 1. The first-order chi connectivity index (χ1) is 6.77. The molecule has 0 heterocycles. The van der Waals surface area contributed by atoms with Crippen molar-refractivity contribution in [1.82, 2.24) is 5.32 Å². The molecule has 1 rings (SSSR count). The summed E-state index contributed by atoms with van der Waals surface area (Å²) in [7, 11) is 0. The number of carbonyl (C=O) groups is 1. The van der Waals surface area contributed by atoms with Crippen molar-refractivity contribution in [3.63, 3.8) is 0 Å². The largest absolute Gasteiger partial charge is 0.465 e. The van der Waals surface area contributed by atoms with E-state index in [2.05, 4.69) is 5.32 Å². The molecule has 1 aliphatic rings. The summed E-state index contributed by atoms with van der Waals surface area (Å²) < 4.78 is 5.00. The zero-order valence-corrected chi connectivity index (χ0v) is 10.4. The molecule has 0 unspecified atom stereocenters. The van der Waals surface area contributed by atoms with Gasteiger partial charge in [0.15, 0.2) is 0 Å². The molecule has 0 aromatic rings. The number of hydrogen-bond donors (Lipinski definition) is 1. The maximum Gasteiger partial charge on any atom is 0.323 e. The van der Waals surface area contributed by atoms with Gasteiger partial charge in [0.2, 0.25) is 0 Å². The fourth-order valence-corrected chi connectivity index (χ4v) is 1.97. The van der Waals surface area contributed by atoms with Crippen LogP contribution in [-0.2, 0) is 9.53 Å². The van der Waals surface area contributed by atoms with Crippen molar-refractivity contribution in [2.24, 2.45) is 0 Å². The molecule has 3 nitrogen and oxygen atoms in total. The summed E-state index contributed by atoms with van der Waals surface area (Å²) in [5, 5.41) is 3.38. The van der Waals surface area contributed by atoms with E-state index in [0.717, 1.165) is 6.42 Å². The Labute approximate surface area is 98.4 Å². The van der Waals surface area contributed by atoms with Gasteiger partial charge in [0.25, 0.3) is 0 Å². The molecular weight excluding hydrogens is 214 g/mol. The van der Waals surface area contributed by atoms with Crippen LogP contribution in [0.1, 0.15) is 46.0 Å². The van der Waals surface area contributed by atoms with Gasteiger partial charge < -0.3 is 10.1 Å². The first kappa shape index (κ1) is 14.7. The van der Waals surface area contributed by atoms with Crippen molar-refractivity contribution in [2.75, 3.05) is 6.61 Å². The van der Waals surface area contributed by atoms with E-state index < -0.39 is 0 Å². The minimum atomic E-state index is -0.0990. The van der Waals surface area contributed by atoms with Crippen LogP contribution >= 0.6 is 12.4 Å². The van der Waals surface area contributed by atoms with E-state index in [9.17, 15) is 4.79 Å². The van der Waals surface area contributed by atoms with Gasteiger partial charge in [0, 0.05) is 6.04 Å². The van der Waals surface area contributed by atoms with Crippen LogP contribution in [-0.4, -0.2) is 24.7 Å². The van der Waals surface area contributed by atoms with Gasteiger partial charge in [-0.2, -0.15) is 0 Å². The third-order valence-electron chi connectivity index (χ3n) is 2.77. The van der Waals surface area contributed by atoms with Gasteiger partial charge in [-0.3, -0.25) is 4.79 Å². The highest BCUT2D eigenvalue weighted by Crippen LogP contribution is 2.18. The molecule has 1 aliphatic carbocycles. The van der Waals surface area contributed by atoms with Crippen LogP contribution in [0.25, 0.3) is 0 Å². The van der Waals surface area contributed by atoms with E-state index in [1.165, 1.54) is 25.7 Å². The predicted molar refractivity (Wildman–Crippen MR) is 63.4 cm³/mol. The van der Waals surface area contributed by atoms with Gasteiger partial charge in [0.05, 0.1) is 6.61 Å². The van der Waals surface area contributed by atoms with Crippen LogP contribution in [0, 0.1) is 0 Å². The predicted octanol–water partition coefficient (Wildman–Crippen LogP) is 2.28. The Morgan fingerprint density at radius 2 is 2.00 bits per heavy atom. The van der Waals surface area contributed by atoms with E-state index >= 15 is 0 Å². The molecule has 0 spiro atoms. The smallest absolute Gasteiger partial charge is 0.323 e. The molecule has 1 fully saturated rings. The molecule has 1 N–H and O–H groups in total. The highest BCUT2D eigenvalue weighted by Gasteiger charge is 2.23. The van der Waals surface area contributed by atoms with Crippen LogP contribution < -0.4 is 5.32 Å². The lowest BCUT2D eigenvalue weighted by molar-refractivity contribution is -0.146. The van der Waals surface area contributed by atoms with Gasteiger partial charge >= 0.3 is 5.97 Å². The maximum absolute atomic E-state index is 11.5. The zero-order valence-electron chi connectivity index (χ0n) is 9.62. The molecule has 0 aliphatic heterocycles. The quantitative estimate of drug-likeness (QED) is 0.743. The minimum Gasteiger partial charge on any atom is -0.465 e. The van der Waals surface area contributed by atoms with E-state index in [4.69, 9.17) is 4.74 Å². The standard InChI is InChI=1S/C11H21NO2.ClH/c1-3-10(11(13)14-4-2)12-9-7-5-6-8-9;/h9-10,12H,3-8H2,1-2H3;1H/t10-;/m0./s1. The molecule has 0 aromatic heterocycles. The van der Waals surface area contributed by atoms with Crippen LogP contribution in [0.3, 0.4) is 0 Å². The Bertz CT molecular complexity index is 181. The summed E-state index contributed by atoms with van der Waals surface area (Å²) in [5.41, 5.74) is 0. The van der Waals surface area contributed by atoms with Crippen molar-refractivity contribution in [1.29, 1.82) is 0 Å². The van der Waals surface area contributed by atoms with Gasteiger partial charge in [-0.25, -0.2) is 0 Å². The summed E-state index contributed by atoms with van der Waals surface area (Å²) in [6.07, 6.45) is 5.80. The molecule has 0 saturated heterocycles. The van der Waals surface area contributed by atoms with Gasteiger partial charge in [-0.1, -0.05) is 19.8 Å². The average Bonchev–Trinajstić information content (AvgIpc) is 2.66. The van der Waals surface area contributed by atoms with Crippen LogP contribution in [0.15, 0.2) is 0 Å². The SMILES string of the molecule is CCOC(=O)[C@H](CC)NC1CCCC1.Cl. The second-order valence-corrected chi connectivity index (χ2v) is 3.86. The lowest BCUT2D eigenvalue weighted by Crippen LogP contribution is -2.42. The van der Waals surface area contributed by atoms with Gasteiger partial charge in [0.1, 0.15) is 6.04 Å². The molecule has 0 amide bonds. The van der Waals surface area contributed by atoms with Crippen molar-refractivity contribution in [2.45, 2.75) is 58.0 Å². The number of ether oxygens (including phenoxy) is 1. The second kappa shape index (κ2) is 7.94. The van der Waals surface area contributed by atoms with Crippen LogP contribution in [0.2, 0.25) is 0 Å². The maximum atomic E-state index is 11.5. The van der Waals surface area contributed by atoms with E-state index in [1.807, 2.05) is 13.8 Å². The number of hydrogen-bond acceptors (Lipinski definition) is 3. The Balaban J connectivity index is 0.00000196. The van der Waals surface area contributed by atoms with Gasteiger partial charge in [-0.15, -0.1) is 12.4 Å². The first-order valence-corrected chi connectivity index (χ1v) is 5.70. The molecule has 0 radical (unpaired) electrons. The lowest BCUT2D eigenvalue weighted by atomic mass is 10.1. The average molecular weight is 236 g/mol. The molecule has 90 valence electrons. The third-order valence-corrected chi connectivity index (χ3v) is 2.77. The lowest BCUT2D eigenvalue weighted by Gasteiger charge is -2.19. The molecule has 0 bridgehead atoms. The van der Waals surface area contributed by atoms with E-state index in [-0.39, 0.29) is 24.4 Å². The minimum absolute atomic E-state index is 0. The summed E-state index contributed by atoms with van der Waals surface area (Å²) in [6, 6.07) is 0.433. The van der Waals surface area contributed by atoms with Crippen molar-refractivity contribution >= 4 is 18.4 Å². The highest BCUT2D eigenvalue weighted by atomic mass is 35.5. The number of carbonyl (C=O) groups excluding carboxylic acids is 1. The Hall–Kier alpha value is -0.280. The normalized spacial score (nSPS) is 18.3. The fourth-order valence-electron chi connectivity index (χ4n) is 1.97. The molecule has 1 saturated carbocycles. The van der Waals surface area contributed by atoms with Crippen molar-refractivity contribution in [3.8, 4) is 0 Å². The summed E-state index contributed by atoms with van der Waals surface area (Å²) in [6.45, 7) is 4.34. The molecule has 0 aromatic carbocycles. The molecular formula is C11H22ClNO2. The summed E-state index contributed by atoms with van der Waals surface area (Å²) in [4.78, 5) is 11.5. The fraction of sp³-hybridized carbons (Fsp3) is 0.909. The van der Waals surface area contributed by atoms with E-state index in [0.29, 0.717) is 12.6 Å². The molecule has 1 atom stereocenters. The Morgan fingerprint density at radius 3 is 2.47 bits per heavy atom. The molecule has 15 heavy (non-hydrogen) atoms. The first-order valence-electron chi connectivity index (χ1n) is 5.70. The third kappa shape index (κ3) is 4.85. The van der Waals surface area contributed by atoms with Crippen molar-refractivity contribution in [3.05, 3.63) is 0 Å². The van der Waals surface area contributed by atoms with Crippen LogP contribution in [0.4, 0.5) is 0 Å². The molecule has 4 heteroatoms. The van der Waals surface area contributed by atoms with Gasteiger partial charge in [-0.05, 0) is 26.2 Å². The number of rotatable bonds is 5. The number of halogens is 1.